The predicted octanol–water partition coefficient (Wildman–Crippen LogP) is 2.61. The van der Waals surface area contributed by atoms with Crippen LogP contribution in [0, 0.1) is 0 Å². The Kier molecular flexibility index (Phi) is 5.18. The Morgan fingerprint density at radius 1 is 0.889 bits per heavy atom. The minimum absolute atomic E-state index is 0.0226. The van der Waals surface area contributed by atoms with Crippen molar-refractivity contribution in [2.45, 2.75) is 12.5 Å². The summed E-state index contributed by atoms with van der Waals surface area (Å²) in [6.45, 7) is 4.56. The number of rotatable bonds is 3. The van der Waals surface area contributed by atoms with Crippen molar-refractivity contribution < 1.29 is 14.0 Å². The number of benzene rings is 1. The second-order valence-electron chi connectivity index (χ2n) is 7.04. The van der Waals surface area contributed by atoms with Crippen molar-refractivity contribution >= 4 is 23.4 Å². The first-order chi connectivity index (χ1) is 13.1. The molecule has 0 aliphatic carbocycles. The van der Waals surface area contributed by atoms with Crippen molar-refractivity contribution in [3.63, 3.8) is 0 Å². The van der Waals surface area contributed by atoms with Gasteiger partial charge in [-0.25, -0.2) is 0 Å². The number of likely N-dealkylation sites (tertiary alicyclic amines) is 1. The van der Waals surface area contributed by atoms with Crippen LogP contribution < -0.4 is 0 Å². The van der Waals surface area contributed by atoms with Crippen LogP contribution in [-0.2, 0) is 0 Å². The molecule has 2 aliphatic rings. The molecule has 2 amide bonds. The minimum atomic E-state index is 0.0226. The van der Waals surface area contributed by atoms with Crippen molar-refractivity contribution in [2.24, 2.45) is 0 Å². The quantitative estimate of drug-likeness (QED) is 0.812. The van der Waals surface area contributed by atoms with E-state index in [0.29, 0.717) is 35.3 Å². The summed E-state index contributed by atoms with van der Waals surface area (Å²) >= 11 is 5.90. The maximum Gasteiger partial charge on any atom is 0.257 e. The Bertz CT molecular complexity index is 798. The van der Waals surface area contributed by atoms with Gasteiger partial charge in [-0.05, 0) is 36.8 Å². The highest BCUT2D eigenvalue weighted by molar-refractivity contribution is 6.30. The summed E-state index contributed by atoms with van der Waals surface area (Å²) in [6.07, 6.45) is 3.98. The topological polar surface area (TPSA) is 57.0 Å². The van der Waals surface area contributed by atoms with Gasteiger partial charge in [-0.3, -0.25) is 14.5 Å². The number of amides is 2. The monoisotopic (exact) mass is 387 g/mol. The number of carbonyl (C=O) groups is 2. The van der Waals surface area contributed by atoms with Gasteiger partial charge in [-0.15, -0.1) is 0 Å². The van der Waals surface area contributed by atoms with E-state index in [2.05, 4.69) is 4.90 Å². The largest absolute Gasteiger partial charge is 0.472 e. The minimum Gasteiger partial charge on any atom is -0.472 e. The van der Waals surface area contributed by atoms with E-state index in [0.717, 1.165) is 32.6 Å². The van der Waals surface area contributed by atoms with Crippen molar-refractivity contribution in [3.05, 3.63) is 59.0 Å². The molecule has 0 saturated carbocycles. The summed E-state index contributed by atoms with van der Waals surface area (Å²) in [6, 6.07) is 9.10. The highest BCUT2D eigenvalue weighted by Crippen LogP contribution is 2.21. The van der Waals surface area contributed by atoms with Crippen LogP contribution in [0.1, 0.15) is 27.1 Å². The van der Waals surface area contributed by atoms with Crippen LogP contribution in [0.5, 0.6) is 0 Å². The number of piperazine rings is 1. The third kappa shape index (κ3) is 3.87. The van der Waals surface area contributed by atoms with Crippen LogP contribution in [0.15, 0.2) is 47.3 Å². The maximum absolute atomic E-state index is 12.7. The average Bonchev–Trinajstić information content (AvgIpc) is 3.40. The van der Waals surface area contributed by atoms with E-state index in [-0.39, 0.29) is 11.8 Å². The molecule has 2 fully saturated rings. The molecule has 27 heavy (non-hydrogen) atoms. The summed E-state index contributed by atoms with van der Waals surface area (Å²) in [7, 11) is 0. The van der Waals surface area contributed by atoms with Gasteiger partial charge >= 0.3 is 0 Å². The highest BCUT2D eigenvalue weighted by Gasteiger charge is 2.33. The molecule has 2 aromatic rings. The molecule has 6 nitrogen and oxygen atoms in total. The number of hydrogen-bond acceptors (Lipinski definition) is 4. The molecule has 0 radical (unpaired) electrons. The van der Waals surface area contributed by atoms with Gasteiger partial charge in [0.1, 0.15) is 6.26 Å². The van der Waals surface area contributed by atoms with Crippen LogP contribution >= 0.6 is 11.6 Å². The van der Waals surface area contributed by atoms with Gasteiger partial charge < -0.3 is 14.2 Å². The summed E-state index contributed by atoms with van der Waals surface area (Å²) in [5, 5.41) is 0.633. The van der Waals surface area contributed by atoms with E-state index in [9.17, 15) is 9.59 Å². The Hall–Kier alpha value is -2.31. The molecular formula is C20H22ClN3O3. The van der Waals surface area contributed by atoms with Gasteiger partial charge in [-0.2, -0.15) is 0 Å². The highest BCUT2D eigenvalue weighted by atomic mass is 35.5. The van der Waals surface area contributed by atoms with E-state index in [1.807, 2.05) is 9.80 Å². The van der Waals surface area contributed by atoms with Gasteiger partial charge in [0.05, 0.1) is 11.8 Å². The standard InChI is InChI=1S/C20H22ClN3O3/c21-17-3-1-15(2-4-17)19(25)24-7-5-18(13-24)22-8-10-23(11-9-22)20(26)16-6-12-27-14-16/h1-4,6,12,14,18H,5,7-11,13H2/t18-/m1/s1. The molecule has 0 N–H and O–H groups in total. The predicted molar refractivity (Wildman–Crippen MR) is 102 cm³/mol. The van der Waals surface area contributed by atoms with E-state index >= 15 is 0 Å². The second-order valence-corrected chi connectivity index (χ2v) is 7.48. The summed E-state index contributed by atoms with van der Waals surface area (Å²) in [5.41, 5.74) is 1.28. The molecule has 4 rings (SSSR count). The fourth-order valence-electron chi connectivity index (χ4n) is 3.86. The molecule has 0 unspecified atom stereocenters. The zero-order valence-electron chi connectivity index (χ0n) is 15.0. The molecule has 2 saturated heterocycles. The zero-order chi connectivity index (χ0) is 18.8. The Morgan fingerprint density at radius 3 is 2.26 bits per heavy atom. The molecule has 142 valence electrons. The summed E-state index contributed by atoms with van der Waals surface area (Å²) in [4.78, 5) is 31.2. The lowest BCUT2D eigenvalue weighted by Crippen LogP contribution is -2.52. The van der Waals surface area contributed by atoms with Crippen LogP contribution in [0.25, 0.3) is 0 Å². The second kappa shape index (κ2) is 7.74. The Balaban J connectivity index is 1.30. The summed E-state index contributed by atoms with van der Waals surface area (Å²) < 4.78 is 5.00. The molecule has 7 heteroatoms. The zero-order valence-corrected chi connectivity index (χ0v) is 15.8. The number of carbonyl (C=O) groups excluding carboxylic acids is 2. The molecule has 1 atom stereocenters. The summed E-state index contributed by atoms with van der Waals surface area (Å²) in [5.74, 6) is 0.0808. The molecule has 0 spiro atoms. The van der Waals surface area contributed by atoms with Crippen molar-refractivity contribution in [1.82, 2.24) is 14.7 Å². The fraction of sp³-hybridized carbons (Fsp3) is 0.400. The molecule has 1 aromatic heterocycles. The average molecular weight is 388 g/mol. The van der Waals surface area contributed by atoms with E-state index in [4.69, 9.17) is 16.0 Å². The SMILES string of the molecule is O=C(c1ccoc1)N1CCN([C@@H]2CCN(C(=O)c3ccc(Cl)cc3)C2)CC1. The number of nitrogens with zero attached hydrogens (tertiary/aromatic N) is 3. The third-order valence-electron chi connectivity index (χ3n) is 5.43. The van der Waals surface area contributed by atoms with E-state index in [1.54, 1.807) is 30.3 Å². The van der Waals surface area contributed by atoms with E-state index in [1.165, 1.54) is 12.5 Å². The lowest BCUT2D eigenvalue weighted by Gasteiger charge is -2.37. The van der Waals surface area contributed by atoms with E-state index < -0.39 is 0 Å². The maximum atomic E-state index is 12.7. The number of hydrogen-bond donors (Lipinski definition) is 0. The van der Waals surface area contributed by atoms with Crippen LogP contribution in [0.4, 0.5) is 0 Å². The smallest absolute Gasteiger partial charge is 0.257 e. The van der Waals surface area contributed by atoms with Gasteiger partial charge in [0.15, 0.2) is 0 Å². The van der Waals surface area contributed by atoms with Crippen molar-refractivity contribution in [3.8, 4) is 0 Å². The lowest BCUT2D eigenvalue weighted by atomic mass is 10.1. The van der Waals surface area contributed by atoms with Gasteiger partial charge in [0, 0.05) is 55.9 Å². The first-order valence-electron chi connectivity index (χ1n) is 9.22. The van der Waals surface area contributed by atoms with Gasteiger partial charge in [0.25, 0.3) is 11.8 Å². The Morgan fingerprint density at radius 2 is 1.59 bits per heavy atom. The molecule has 2 aliphatic heterocycles. The lowest BCUT2D eigenvalue weighted by molar-refractivity contribution is 0.0568. The molecule has 0 bridgehead atoms. The van der Waals surface area contributed by atoms with Gasteiger partial charge in [0.2, 0.25) is 0 Å². The third-order valence-corrected chi connectivity index (χ3v) is 5.68. The van der Waals surface area contributed by atoms with Crippen molar-refractivity contribution in [2.75, 3.05) is 39.3 Å². The molecule has 3 heterocycles. The normalized spacial score (nSPS) is 20.9. The van der Waals surface area contributed by atoms with Gasteiger partial charge in [-0.1, -0.05) is 11.6 Å². The van der Waals surface area contributed by atoms with Crippen molar-refractivity contribution in [1.29, 1.82) is 0 Å². The van der Waals surface area contributed by atoms with Crippen LogP contribution in [0.2, 0.25) is 5.02 Å². The first-order valence-corrected chi connectivity index (χ1v) is 9.60. The fourth-order valence-corrected chi connectivity index (χ4v) is 3.98. The van der Waals surface area contributed by atoms with Crippen LogP contribution in [-0.4, -0.2) is 71.8 Å². The van der Waals surface area contributed by atoms with Crippen LogP contribution in [0.3, 0.4) is 0 Å². The number of halogens is 1. The molecular weight excluding hydrogens is 366 g/mol. The number of furan rings is 1. The molecule has 1 aromatic carbocycles. The first kappa shape index (κ1) is 18.1. The Labute approximate surface area is 163 Å².